The summed E-state index contributed by atoms with van der Waals surface area (Å²) in [6.07, 6.45) is 5.38. The molecule has 0 unspecified atom stereocenters. The monoisotopic (exact) mass is 883 g/mol. The van der Waals surface area contributed by atoms with E-state index < -0.39 is 0 Å². The zero-order valence-electron chi connectivity index (χ0n) is 39.2. The SMILES string of the molecule is CN=Cc1cccc(C#N)c1.CN=Cc1cccc(C=NC)c1.CNCc1cccc(CN)c1.CNCc1cccc(CNC)c1.N#Cc1cccc(C#N)c1.NCc1cccc(CN)c1. The predicted octanol–water partition coefficient (Wildman–Crippen LogP) is 7.42. The molecule has 0 saturated carbocycles. The molecule has 0 heterocycles. The summed E-state index contributed by atoms with van der Waals surface area (Å²) in [5, 5.41) is 34.7. The number of rotatable bonds is 12. The normalized spacial score (nSPS) is 9.91. The lowest BCUT2D eigenvalue weighted by Gasteiger charge is -2.03. The van der Waals surface area contributed by atoms with Gasteiger partial charge in [-0.1, -0.05) is 109 Å². The molecule has 0 aromatic heterocycles. The summed E-state index contributed by atoms with van der Waals surface area (Å²) in [7, 11) is 11.1. The molecule has 12 heteroatoms. The van der Waals surface area contributed by atoms with Crippen molar-refractivity contribution in [1.82, 2.24) is 16.0 Å². The molecule has 0 aliphatic rings. The van der Waals surface area contributed by atoms with Crippen LogP contribution in [0.25, 0.3) is 0 Å². The molecule has 0 bridgehead atoms. The van der Waals surface area contributed by atoms with Crippen LogP contribution in [0.1, 0.15) is 66.8 Å². The lowest BCUT2D eigenvalue weighted by atomic mass is 10.1. The van der Waals surface area contributed by atoms with Gasteiger partial charge < -0.3 is 33.2 Å². The van der Waals surface area contributed by atoms with Crippen molar-refractivity contribution in [2.45, 2.75) is 39.3 Å². The maximum absolute atomic E-state index is 8.54. The van der Waals surface area contributed by atoms with Gasteiger partial charge >= 0.3 is 0 Å². The first-order chi connectivity index (χ1) is 32.2. The minimum atomic E-state index is 0.527. The minimum Gasteiger partial charge on any atom is -0.326 e. The molecule has 0 spiro atoms. The molecule has 6 aromatic carbocycles. The van der Waals surface area contributed by atoms with E-state index in [0.29, 0.717) is 36.3 Å². The summed E-state index contributed by atoms with van der Waals surface area (Å²) in [6.45, 7) is 4.60. The van der Waals surface area contributed by atoms with Crippen molar-refractivity contribution in [3.8, 4) is 18.2 Å². The predicted molar refractivity (Wildman–Crippen MR) is 275 cm³/mol. The maximum Gasteiger partial charge on any atom is 0.0992 e. The van der Waals surface area contributed by atoms with Gasteiger partial charge in [0.1, 0.15) is 0 Å². The van der Waals surface area contributed by atoms with Crippen LogP contribution in [-0.2, 0) is 39.3 Å². The highest BCUT2D eigenvalue weighted by Crippen LogP contribution is 2.06. The van der Waals surface area contributed by atoms with Gasteiger partial charge in [0.25, 0.3) is 0 Å². The van der Waals surface area contributed by atoms with Gasteiger partial charge in [-0.05, 0) is 108 Å². The molecule has 0 amide bonds. The Morgan fingerprint density at radius 3 is 1.00 bits per heavy atom. The zero-order chi connectivity index (χ0) is 48.6. The molecule has 9 N–H and O–H groups in total. The van der Waals surface area contributed by atoms with Gasteiger partial charge in [-0.15, -0.1) is 0 Å². The van der Waals surface area contributed by atoms with Crippen LogP contribution in [0.3, 0.4) is 0 Å². The standard InChI is InChI=1S/C10H16N2.C10H12N2.C9H14N2.C9H8N2.C8H12N2.C8H4N2/c2*1-11-7-9-4-3-5-10(6-9)8-12-2;2*1-11-7-9-4-2-3-8(5-9)6-10;2*9-5-7-2-1-3-8(4-7)6-10/h3-6,11-12H,7-8H2,1-2H3;3-8H,1-2H3;2-5,11H,6-7,10H2,1H3;2-5,7H,1H3;1-4H,5-6,9-10H2;1-4H. The quantitative estimate of drug-likeness (QED) is 0.0673. The Morgan fingerprint density at radius 2 is 0.667 bits per heavy atom. The van der Waals surface area contributed by atoms with Crippen LogP contribution in [-0.4, -0.2) is 60.9 Å². The number of hydrogen-bond donors (Lipinski definition) is 6. The smallest absolute Gasteiger partial charge is 0.0992 e. The van der Waals surface area contributed by atoms with Crippen molar-refractivity contribution >= 4 is 18.6 Å². The number of nitrogens with one attached hydrogen (secondary N) is 3. The van der Waals surface area contributed by atoms with E-state index in [-0.39, 0.29) is 0 Å². The second-order valence-corrected chi connectivity index (χ2v) is 14.0. The van der Waals surface area contributed by atoms with E-state index in [9.17, 15) is 0 Å². The fourth-order valence-corrected chi connectivity index (χ4v) is 5.73. The Kier molecular flexibility index (Phi) is 31.7. The van der Waals surface area contributed by atoms with Crippen LogP contribution in [0, 0.1) is 34.0 Å². The largest absolute Gasteiger partial charge is 0.326 e. The lowest BCUT2D eigenvalue weighted by Crippen LogP contribution is -2.08. The zero-order valence-corrected chi connectivity index (χ0v) is 39.2. The average Bonchev–Trinajstić information content (AvgIpc) is 3.36. The van der Waals surface area contributed by atoms with E-state index in [1.807, 2.05) is 119 Å². The maximum atomic E-state index is 8.54. The Labute approximate surface area is 393 Å². The first-order valence-corrected chi connectivity index (χ1v) is 21.2. The van der Waals surface area contributed by atoms with Crippen molar-refractivity contribution in [1.29, 1.82) is 15.8 Å². The third-order valence-electron chi connectivity index (χ3n) is 8.71. The van der Waals surface area contributed by atoms with E-state index in [4.69, 9.17) is 33.0 Å². The van der Waals surface area contributed by atoms with Crippen LogP contribution < -0.4 is 33.2 Å². The number of nitrogens with zero attached hydrogens (tertiary/aromatic N) is 6. The van der Waals surface area contributed by atoms with Crippen LogP contribution in [0.5, 0.6) is 0 Å². The molecular formula is C54H66N12. The number of nitriles is 3. The molecule has 0 aliphatic heterocycles. The first kappa shape index (κ1) is 56.6. The summed E-state index contributed by atoms with van der Waals surface area (Å²) in [6, 6.07) is 52.8. The van der Waals surface area contributed by atoms with Crippen molar-refractivity contribution in [3.63, 3.8) is 0 Å². The lowest BCUT2D eigenvalue weighted by molar-refractivity contribution is 0.797. The summed E-state index contributed by atoms with van der Waals surface area (Å²) in [4.78, 5) is 11.7. The number of benzene rings is 6. The fraction of sp³-hybridized carbons (Fsp3) is 0.222. The van der Waals surface area contributed by atoms with Gasteiger partial charge in [0.05, 0.1) is 34.9 Å². The van der Waals surface area contributed by atoms with E-state index in [0.717, 1.165) is 47.5 Å². The molecule has 342 valence electrons. The van der Waals surface area contributed by atoms with E-state index >= 15 is 0 Å². The summed E-state index contributed by atoms with van der Waals surface area (Å²) in [5.74, 6) is 0. The van der Waals surface area contributed by atoms with Gasteiger partial charge in [0, 0.05) is 79.1 Å². The highest BCUT2D eigenvalue weighted by Gasteiger charge is 1.95. The number of hydrogen-bond acceptors (Lipinski definition) is 12. The van der Waals surface area contributed by atoms with Crippen LogP contribution in [0.15, 0.2) is 161 Å². The van der Waals surface area contributed by atoms with Gasteiger partial charge in [0.2, 0.25) is 0 Å². The summed E-state index contributed by atoms with van der Waals surface area (Å²) in [5.41, 5.74) is 28.7. The molecule has 6 rings (SSSR count). The third kappa shape index (κ3) is 25.6. The van der Waals surface area contributed by atoms with Crippen molar-refractivity contribution < 1.29 is 0 Å². The summed E-state index contributed by atoms with van der Waals surface area (Å²) < 4.78 is 0. The number of aliphatic imine (C=N–C) groups is 3. The summed E-state index contributed by atoms with van der Waals surface area (Å²) >= 11 is 0. The van der Waals surface area contributed by atoms with E-state index in [1.54, 1.807) is 63.8 Å². The molecule has 0 saturated heterocycles. The van der Waals surface area contributed by atoms with Crippen LogP contribution in [0.2, 0.25) is 0 Å². The second kappa shape index (κ2) is 37.0. The average molecular weight is 883 g/mol. The van der Waals surface area contributed by atoms with Gasteiger partial charge in [-0.25, -0.2) is 0 Å². The van der Waals surface area contributed by atoms with Gasteiger partial charge in [-0.3, -0.25) is 15.0 Å². The molecule has 66 heavy (non-hydrogen) atoms. The molecule has 0 atom stereocenters. The van der Waals surface area contributed by atoms with Crippen molar-refractivity contribution in [2.24, 2.45) is 32.2 Å². The second-order valence-electron chi connectivity index (χ2n) is 14.0. The van der Waals surface area contributed by atoms with Crippen molar-refractivity contribution in [3.05, 3.63) is 212 Å². The molecule has 0 aliphatic carbocycles. The Bertz CT molecular complexity index is 2370. The van der Waals surface area contributed by atoms with Crippen LogP contribution >= 0.6 is 0 Å². The highest BCUT2D eigenvalue weighted by molar-refractivity contribution is 5.86. The van der Waals surface area contributed by atoms with Gasteiger partial charge in [-0.2, -0.15) is 15.8 Å². The first-order valence-electron chi connectivity index (χ1n) is 21.2. The molecular weight excluding hydrogens is 817 g/mol. The Balaban J connectivity index is 0.000000397. The molecule has 6 aromatic rings. The number of nitrogens with two attached hydrogens (primary N) is 3. The Morgan fingerprint density at radius 1 is 0.394 bits per heavy atom. The van der Waals surface area contributed by atoms with E-state index in [1.165, 1.54) is 22.3 Å². The van der Waals surface area contributed by atoms with Crippen molar-refractivity contribution in [2.75, 3.05) is 42.3 Å². The van der Waals surface area contributed by atoms with Gasteiger partial charge in [0.15, 0.2) is 0 Å². The molecule has 12 nitrogen and oxygen atoms in total. The van der Waals surface area contributed by atoms with E-state index in [2.05, 4.69) is 73.4 Å². The molecule has 0 radical (unpaired) electrons. The Hall–Kier alpha value is -7.44. The highest BCUT2D eigenvalue weighted by atomic mass is 14.8. The third-order valence-corrected chi connectivity index (χ3v) is 8.71. The minimum absolute atomic E-state index is 0.527. The topological polar surface area (TPSA) is 223 Å². The molecule has 0 fully saturated rings. The fourth-order valence-electron chi connectivity index (χ4n) is 5.73. The van der Waals surface area contributed by atoms with Crippen LogP contribution in [0.4, 0.5) is 0 Å².